The maximum absolute atomic E-state index is 12.5. The molecule has 8 nitrogen and oxygen atoms in total. The minimum atomic E-state index is -0.186. The number of para-hydroxylation sites is 1. The third-order valence-electron chi connectivity index (χ3n) is 5.26. The number of halogens is 2. The van der Waals surface area contributed by atoms with E-state index in [1.807, 2.05) is 41.9 Å². The molecule has 1 saturated heterocycles. The van der Waals surface area contributed by atoms with Crippen LogP contribution in [0.25, 0.3) is 10.9 Å². The molecular formula is C21H28Cl2N6O2. The molecule has 1 fully saturated rings. The third kappa shape index (κ3) is 5.84. The maximum atomic E-state index is 12.5. The Hall–Kier alpha value is -2.42. The molecule has 0 aliphatic carbocycles. The average molecular weight is 467 g/mol. The lowest BCUT2D eigenvalue weighted by atomic mass is 10.1. The van der Waals surface area contributed by atoms with Crippen molar-refractivity contribution >= 4 is 41.6 Å². The summed E-state index contributed by atoms with van der Waals surface area (Å²) in [6, 6.07) is 10.1. The number of nitrogens with one attached hydrogen (secondary N) is 2. The number of carbonyl (C=O) groups excluding carboxylic acids is 1. The van der Waals surface area contributed by atoms with Gasteiger partial charge in [-0.2, -0.15) is 0 Å². The predicted molar refractivity (Wildman–Crippen MR) is 125 cm³/mol. The molecular weight excluding hydrogens is 439 g/mol. The van der Waals surface area contributed by atoms with E-state index in [1.165, 1.54) is 0 Å². The summed E-state index contributed by atoms with van der Waals surface area (Å²) in [6.07, 6.45) is 4.46. The zero-order valence-corrected chi connectivity index (χ0v) is 19.0. The fourth-order valence-electron chi connectivity index (χ4n) is 3.68. The van der Waals surface area contributed by atoms with Crippen molar-refractivity contribution in [3.63, 3.8) is 0 Å². The zero-order chi connectivity index (χ0) is 20.1. The Morgan fingerprint density at radius 2 is 2.00 bits per heavy atom. The van der Waals surface area contributed by atoms with Crippen LogP contribution < -0.4 is 15.4 Å². The van der Waals surface area contributed by atoms with Crippen molar-refractivity contribution in [1.29, 1.82) is 0 Å². The van der Waals surface area contributed by atoms with Gasteiger partial charge in [0.2, 0.25) is 0 Å². The van der Waals surface area contributed by atoms with Crippen molar-refractivity contribution in [2.45, 2.75) is 32.2 Å². The number of rotatable bonds is 7. The number of aromatic nitrogens is 4. The van der Waals surface area contributed by atoms with Gasteiger partial charge in [-0.05, 0) is 51.4 Å². The van der Waals surface area contributed by atoms with Gasteiger partial charge in [0.05, 0.1) is 18.3 Å². The van der Waals surface area contributed by atoms with E-state index in [-0.39, 0.29) is 30.7 Å². The van der Waals surface area contributed by atoms with Crippen LogP contribution in [0, 0.1) is 6.92 Å². The van der Waals surface area contributed by atoms with Crippen LogP contribution in [0.15, 0.2) is 36.5 Å². The van der Waals surface area contributed by atoms with E-state index in [4.69, 9.17) is 4.74 Å². The van der Waals surface area contributed by atoms with Crippen molar-refractivity contribution < 1.29 is 9.53 Å². The van der Waals surface area contributed by atoms with Gasteiger partial charge in [-0.3, -0.25) is 9.78 Å². The number of pyridine rings is 1. The van der Waals surface area contributed by atoms with E-state index in [1.54, 1.807) is 6.20 Å². The van der Waals surface area contributed by atoms with Gasteiger partial charge in [-0.25, -0.2) is 4.68 Å². The summed E-state index contributed by atoms with van der Waals surface area (Å²) in [4.78, 5) is 16.9. The fraction of sp³-hybridized carbons (Fsp3) is 0.429. The molecule has 10 heteroatoms. The van der Waals surface area contributed by atoms with Gasteiger partial charge < -0.3 is 15.4 Å². The molecule has 0 saturated carbocycles. The second kappa shape index (κ2) is 11.8. The van der Waals surface area contributed by atoms with E-state index >= 15 is 0 Å². The summed E-state index contributed by atoms with van der Waals surface area (Å²) in [5, 5.41) is 15.6. The van der Waals surface area contributed by atoms with Crippen LogP contribution in [-0.2, 0) is 0 Å². The van der Waals surface area contributed by atoms with Crippen molar-refractivity contribution in [3.05, 3.63) is 47.9 Å². The maximum Gasteiger partial charge on any atom is 0.273 e. The zero-order valence-electron chi connectivity index (χ0n) is 17.4. The monoisotopic (exact) mass is 466 g/mol. The molecule has 0 spiro atoms. The van der Waals surface area contributed by atoms with Crippen LogP contribution in [-0.4, -0.2) is 52.1 Å². The largest absolute Gasteiger partial charge is 0.491 e. The number of ether oxygens (including phenoxy) is 1. The van der Waals surface area contributed by atoms with Gasteiger partial charge in [0.25, 0.3) is 5.91 Å². The van der Waals surface area contributed by atoms with Gasteiger partial charge in [0.1, 0.15) is 11.3 Å². The summed E-state index contributed by atoms with van der Waals surface area (Å²) in [5.41, 5.74) is 2.08. The first kappa shape index (κ1) is 24.8. The second-order valence-electron chi connectivity index (χ2n) is 7.24. The molecule has 3 heterocycles. The minimum Gasteiger partial charge on any atom is -0.491 e. The summed E-state index contributed by atoms with van der Waals surface area (Å²) in [7, 11) is 0. The standard InChI is InChI=1S/C21H26N6O2.2ClH/c1-15-19(25-26-27(15)17-8-12-22-13-9-17)21(28)24-11-4-14-29-18-7-2-5-16-6-3-10-23-20(16)18;;/h2-3,5-7,10,17,22H,4,8-9,11-14H2,1H3,(H,24,28);2*1H. The molecule has 0 bridgehead atoms. The molecule has 0 radical (unpaired) electrons. The van der Waals surface area contributed by atoms with Crippen molar-refractivity contribution in [2.75, 3.05) is 26.2 Å². The van der Waals surface area contributed by atoms with Crippen LogP contribution in [0.5, 0.6) is 5.75 Å². The molecule has 2 aromatic heterocycles. The number of fused-ring (bicyclic) bond motifs is 1. The Balaban J connectivity index is 0.00000171. The molecule has 4 rings (SSSR count). The Morgan fingerprint density at radius 3 is 2.81 bits per heavy atom. The molecule has 1 aliphatic rings. The SMILES string of the molecule is Cc1c(C(=O)NCCCOc2cccc3cccnc23)nnn1C1CCNCC1.Cl.Cl. The van der Waals surface area contributed by atoms with Crippen molar-refractivity contribution in [3.8, 4) is 5.75 Å². The van der Waals surface area contributed by atoms with Crippen molar-refractivity contribution in [2.24, 2.45) is 0 Å². The predicted octanol–water partition coefficient (Wildman–Crippen LogP) is 3.10. The van der Waals surface area contributed by atoms with Gasteiger partial charge in [0.15, 0.2) is 5.69 Å². The highest BCUT2D eigenvalue weighted by molar-refractivity contribution is 5.93. The van der Waals surface area contributed by atoms with Gasteiger partial charge in [-0.15, -0.1) is 29.9 Å². The van der Waals surface area contributed by atoms with Crippen LogP contribution >= 0.6 is 24.8 Å². The van der Waals surface area contributed by atoms with E-state index in [9.17, 15) is 4.79 Å². The quantitative estimate of drug-likeness (QED) is 0.519. The van der Waals surface area contributed by atoms with Crippen molar-refractivity contribution in [1.82, 2.24) is 30.6 Å². The fourth-order valence-corrected chi connectivity index (χ4v) is 3.68. The first-order chi connectivity index (χ1) is 14.2. The van der Waals surface area contributed by atoms with Gasteiger partial charge in [0, 0.05) is 18.1 Å². The highest BCUT2D eigenvalue weighted by Crippen LogP contribution is 2.23. The second-order valence-corrected chi connectivity index (χ2v) is 7.24. The minimum absolute atomic E-state index is 0. The lowest BCUT2D eigenvalue weighted by Crippen LogP contribution is -2.30. The number of nitrogens with zero attached hydrogens (tertiary/aromatic N) is 4. The molecule has 2 N–H and O–H groups in total. The van der Waals surface area contributed by atoms with Crippen LogP contribution in [0.4, 0.5) is 0 Å². The lowest BCUT2D eigenvalue weighted by Gasteiger charge is -2.23. The van der Waals surface area contributed by atoms with E-state index in [0.29, 0.717) is 31.3 Å². The van der Waals surface area contributed by atoms with Gasteiger partial charge >= 0.3 is 0 Å². The molecule has 1 aliphatic heterocycles. The summed E-state index contributed by atoms with van der Waals surface area (Å²) >= 11 is 0. The number of benzene rings is 1. The normalized spacial score (nSPS) is 13.8. The van der Waals surface area contributed by atoms with Crippen LogP contribution in [0.2, 0.25) is 0 Å². The smallest absolute Gasteiger partial charge is 0.273 e. The Morgan fingerprint density at radius 1 is 1.23 bits per heavy atom. The molecule has 31 heavy (non-hydrogen) atoms. The lowest BCUT2D eigenvalue weighted by molar-refractivity contribution is 0.0946. The van der Waals surface area contributed by atoms with Crippen LogP contribution in [0.1, 0.15) is 41.5 Å². The highest BCUT2D eigenvalue weighted by atomic mass is 35.5. The van der Waals surface area contributed by atoms with E-state index in [0.717, 1.165) is 48.3 Å². The topological polar surface area (TPSA) is 94.0 Å². The number of hydrogen-bond acceptors (Lipinski definition) is 6. The molecule has 0 unspecified atom stereocenters. The first-order valence-electron chi connectivity index (χ1n) is 10.1. The molecule has 1 amide bonds. The average Bonchev–Trinajstić information content (AvgIpc) is 3.15. The van der Waals surface area contributed by atoms with Crippen LogP contribution in [0.3, 0.4) is 0 Å². The Labute approximate surface area is 194 Å². The number of carbonyl (C=O) groups is 1. The summed E-state index contributed by atoms with van der Waals surface area (Å²) in [5.74, 6) is 0.574. The Kier molecular flexibility index (Phi) is 9.48. The van der Waals surface area contributed by atoms with Gasteiger partial charge in [-0.1, -0.05) is 23.4 Å². The molecule has 0 atom stereocenters. The molecule has 168 valence electrons. The summed E-state index contributed by atoms with van der Waals surface area (Å²) < 4.78 is 7.76. The molecule has 1 aromatic carbocycles. The first-order valence-corrected chi connectivity index (χ1v) is 10.1. The third-order valence-corrected chi connectivity index (χ3v) is 5.26. The van der Waals surface area contributed by atoms with E-state index < -0.39 is 0 Å². The number of hydrogen-bond donors (Lipinski definition) is 2. The summed E-state index contributed by atoms with van der Waals surface area (Å²) in [6.45, 7) is 4.86. The number of amides is 1. The number of piperidine rings is 1. The van der Waals surface area contributed by atoms with E-state index in [2.05, 4.69) is 25.9 Å². The Bertz CT molecular complexity index is 986. The molecule has 3 aromatic rings. The highest BCUT2D eigenvalue weighted by Gasteiger charge is 2.22.